The van der Waals surface area contributed by atoms with Crippen molar-refractivity contribution in [2.45, 2.75) is 44.6 Å². The summed E-state index contributed by atoms with van der Waals surface area (Å²) in [6.07, 6.45) is 5.99. The number of pyridine rings is 1. The Morgan fingerprint density at radius 1 is 1.33 bits per heavy atom. The van der Waals surface area contributed by atoms with Crippen LogP contribution in [0.3, 0.4) is 0 Å². The van der Waals surface area contributed by atoms with Gasteiger partial charge in [-0.2, -0.15) is 4.98 Å². The second kappa shape index (κ2) is 6.22. The van der Waals surface area contributed by atoms with Gasteiger partial charge in [-0.25, -0.2) is 4.98 Å². The van der Waals surface area contributed by atoms with E-state index in [9.17, 15) is 4.79 Å². The molecule has 2 aliphatic rings. The van der Waals surface area contributed by atoms with Gasteiger partial charge in [0.25, 0.3) is 5.91 Å². The van der Waals surface area contributed by atoms with E-state index >= 15 is 0 Å². The molecule has 0 radical (unpaired) electrons. The summed E-state index contributed by atoms with van der Waals surface area (Å²) in [5.74, 6) is 2.27. The summed E-state index contributed by atoms with van der Waals surface area (Å²) in [6, 6.07) is 4.29. The number of nitrogens with zero attached hydrogens (tertiary/aromatic N) is 4. The van der Waals surface area contributed by atoms with Crippen molar-refractivity contribution in [3.63, 3.8) is 0 Å². The summed E-state index contributed by atoms with van der Waals surface area (Å²) in [4.78, 5) is 23.3. The predicted octanol–water partition coefficient (Wildman–Crippen LogP) is 2.37. The molecule has 1 amide bonds. The minimum Gasteiger partial charge on any atom is -0.367 e. The molecule has 0 spiro atoms. The molecule has 7 heteroatoms. The predicted molar refractivity (Wildman–Crippen MR) is 87.8 cm³/mol. The van der Waals surface area contributed by atoms with Crippen molar-refractivity contribution in [1.82, 2.24) is 20.0 Å². The van der Waals surface area contributed by atoms with Crippen LogP contribution in [-0.4, -0.2) is 45.1 Å². The van der Waals surface area contributed by atoms with E-state index < -0.39 is 0 Å². The van der Waals surface area contributed by atoms with Gasteiger partial charge in [-0.05, 0) is 37.8 Å². The number of carbonyl (C=O) groups excluding carboxylic acids is 1. The Kier molecular flexibility index (Phi) is 3.92. The van der Waals surface area contributed by atoms with Gasteiger partial charge in [-0.15, -0.1) is 0 Å². The van der Waals surface area contributed by atoms with Gasteiger partial charge in [0.15, 0.2) is 5.82 Å². The molecule has 1 N–H and O–H groups in total. The van der Waals surface area contributed by atoms with Crippen LogP contribution in [0.25, 0.3) is 0 Å². The Bertz CT molecular complexity index is 723. The Labute approximate surface area is 140 Å². The molecular formula is C17H21N5O2. The highest BCUT2D eigenvalue weighted by atomic mass is 16.5. The largest absolute Gasteiger partial charge is 0.367 e. The first-order valence-corrected chi connectivity index (χ1v) is 8.51. The van der Waals surface area contributed by atoms with Crippen LogP contribution in [0, 0.1) is 6.92 Å². The smallest absolute Gasteiger partial charge is 0.255 e. The van der Waals surface area contributed by atoms with Gasteiger partial charge < -0.3 is 14.7 Å². The summed E-state index contributed by atoms with van der Waals surface area (Å²) in [7, 11) is 0. The first-order valence-electron chi connectivity index (χ1n) is 8.51. The van der Waals surface area contributed by atoms with Crippen LogP contribution in [0.1, 0.15) is 53.7 Å². The molecule has 7 nitrogen and oxygen atoms in total. The summed E-state index contributed by atoms with van der Waals surface area (Å²) in [5.41, 5.74) is 0.626. The highest BCUT2D eigenvalue weighted by Gasteiger charge is 2.28. The maximum atomic E-state index is 12.7. The summed E-state index contributed by atoms with van der Waals surface area (Å²) in [5, 5.41) is 7.34. The van der Waals surface area contributed by atoms with Crippen molar-refractivity contribution in [2.24, 2.45) is 0 Å². The Morgan fingerprint density at radius 3 is 2.88 bits per heavy atom. The van der Waals surface area contributed by atoms with Crippen molar-refractivity contribution in [3.8, 4) is 0 Å². The quantitative estimate of drug-likeness (QED) is 0.928. The molecule has 2 fully saturated rings. The van der Waals surface area contributed by atoms with E-state index in [-0.39, 0.29) is 11.8 Å². The fraction of sp³-hybridized carbons (Fsp3) is 0.529. The number of piperidine rings is 1. The van der Waals surface area contributed by atoms with Crippen LogP contribution < -0.4 is 5.32 Å². The van der Waals surface area contributed by atoms with Crippen LogP contribution >= 0.6 is 0 Å². The molecule has 0 unspecified atom stereocenters. The van der Waals surface area contributed by atoms with E-state index in [1.54, 1.807) is 13.1 Å². The molecule has 4 rings (SSSR count). The summed E-state index contributed by atoms with van der Waals surface area (Å²) < 4.78 is 5.07. The number of hydrogen-bond donors (Lipinski definition) is 1. The van der Waals surface area contributed by atoms with Gasteiger partial charge in [-0.3, -0.25) is 4.79 Å². The third-order valence-corrected chi connectivity index (χ3v) is 4.56. The number of rotatable bonds is 4. The van der Waals surface area contributed by atoms with Crippen molar-refractivity contribution < 1.29 is 9.32 Å². The normalized spacial score (nSPS) is 20.9. The van der Waals surface area contributed by atoms with Crippen LogP contribution in [0.2, 0.25) is 0 Å². The lowest BCUT2D eigenvalue weighted by atomic mass is 9.97. The van der Waals surface area contributed by atoms with Gasteiger partial charge >= 0.3 is 0 Å². The zero-order chi connectivity index (χ0) is 16.5. The molecule has 1 aliphatic carbocycles. The minimum atomic E-state index is 0.0189. The van der Waals surface area contributed by atoms with Crippen molar-refractivity contribution in [1.29, 1.82) is 0 Å². The second-order valence-electron chi connectivity index (χ2n) is 6.61. The third-order valence-electron chi connectivity index (χ3n) is 4.56. The molecular weight excluding hydrogens is 306 g/mol. The van der Waals surface area contributed by atoms with Crippen molar-refractivity contribution in [3.05, 3.63) is 35.6 Å². The van der Waals surface area contributed by atoms with Gasteiger partial charge in [0.2, 0.25) is 5.89 Å². The van der Waals surface area contributed by atoms with Gasteiger partial charge in [0, 0.05) is 38.2 Å². The van der Waals surface area contributed by atoms with Gasteiger partial charge in [0.1, 0.15) is 5.82 Å². The monoisotopic (exact) mass is 327 g/mol. The molecule has 126 valence electrons. The highest BCUT2D eigenvalue weighted by Crippen LogP contribution is 2.26. The van der Waals surface area contributed by atoms with Crippen molar-refractivity contribution >= 4 is 11.7 Å². The van der Waals surface area contributed by atoms with E-state index in [1.165, 1.54) is 12.8 Å². The van der Waals surface area contributed by atoms with Gasteiger partial charge in [0.05, 0.1) is 5.56 Å². The number of amides is 1. The molecule has 1 saturated carbocycles. The fourth-order valence-electron chi connectivity index (χ4n) is 3.08. The zero-order valence-electron chi connectivity index (χ0n) is 13.7. The number of nitrogens with one attached hydrogen (secondary N) is 1. The first kappa shape index (κ1) is 15.1. The van der Waals surface area contributed by atoms with E-state index in [2.05, 4.69) is 20.4 Å². The first-order chi connectivity index (χ1) is 11.7. The molecule has 1 saturated heterocycles. The molecule has 2 aromatic heterocycles. The number of aryl methyl sites for hydroxylation is 1. The molecule has 24 heavy (non-hydrogen) atoms. The molecule has 2 aromatic rings. The lowest BCUT2D eigenvalue weighted by Crippen LogP contribution is -2.39. The van der Waals surface area contributed by atoms with E-state index in [4.69, 9.17) is 4.52 Å². The standard InChI is InChI=1S/C17H21N5O2/c1-11-19-16(21-24-11)13-3-2-8-22(10-13)17(23)12-4-7-15(18-9-12)20-14-5-6-14/h4,7,9,13-14H,2-3,5-6,8,10H2,1H3,(H,18,20)/t13-/m0/s1. The zero-order valence-corrected chi connectivity index (χ0v) is 13.7. The fourth-order valence-corrected chi connectivity index (χ4v) is 3.08. The second-order valence-corrected chi connectivity index (χ2v) is 6.61. The van der Waals surface area contributed by atoms with Crippen LogP contribution in [-0.2, 0) is 0 Å². The molecule has 3 heterocycles. The maximum absolute atomic E-state index is 12.7. The Balaban J connectivity index is 1.43. The molecule has 1 aliphatic heterocycles. The van der Waals surface area contributed by atoms with Crippen molar-refractivity contribution in [2.75, 3.05) is 18.4 Å². The van der Waals surface area contributed by atoms with E-state index in [0.717, 1.165) is 25.2 Å². The topological polar surface area (TPSA) is 84.2 Å². The number of carbonyl (C=O) groups is 1. The van der Waals surface area contributed by atoms with Crippen LogP contribution in [0.15, 0.2) is 22.9 Å². The number of likely N-dealkylation sites (tertiary alicyclic amines) is 1. The number of anilines is 1. The number of aromatic nitrogens is 3. The lowest BCUT2D eigenvalue weighted by Gasteiger charge is -2.31. The van der Waals surface area contributed by atoms with Gasteiger partial charge in [-0.1, -0.05) is 5.16 Å². The molecule has 0 bridgehead atoms. The minimum absolute atomic E-state index is 0.0189. The maximum Gasteiger partial charge on any atom is 0.255 e. The summed E-state index contributed by atoms with van der Waals surface area (Å²) in [6.45, 7) is 3.17. The Hall–Kier alpha value is -2.44. The highest BCUT2D eigenvalue weighted by molar-refractivity contribution is 5.94. The summed E-state index contributed by atoms with van der Waals surface area (Å²) >= 11 is 0. The molecule has 1 atom stereocenters. The number of hydrogen-bond acceptors (Lipinski definition) is 6. The van der Waals surface area contributed by atoms with E-state index in [0.29, 0.717) is 29.9 Å². The lowest BCUT2D eigenvalue weighted by molar-refractivity contribution is 0.0703. The van der Waals surface area contributed by atoms with Crippen LogP contribution in [0.5, 0.6) is 0 Å². The average molecular weight is 327 g/mol. The SMILES string of the molecule is Cc1nc([C@H]2CCCN(C(=O)c3ccc(NC4CC4)nc3)C2)no1. The van der Waals surface area contributed by atoms with E-state index in [1.807, 2.05) is 17.0 Å². The molecule has 0 aromatic carbocycles. The van der Waals surface area contributed by atoms with Crippen LogP contribution in [0.4, 0.5) is 5.82 Å². The Morgan fingerprint density at radius 2 is 2.21 bits per heavy atom. The average Bonchev–Trinajstić information content (AvgIpc) is 3.32. The third kappa shape index (κ3) is 3.25.